The van der Waals surface area contributed by atoms with Crippen molar-refractivity contribution >= 4 is 34.9 Å². The van der Waals surface area contributed by atoms with Gasteiger partial charge in [0.25, 0.3) is 11.6 Å². The summed E-state index contributed by atoms with van der Waals surface area (Å²) in [6.45, 7) is 3.34. The number of carbonyl (C=O) groups excluding carboxylic acids is 3. The van der Waals surface area contributed by atoms with Gasteiger partial charge in [-0.05, 0) is 19.4 Å². The number of nitro groups is 1. The molecule has 1 saturated heterocycles. The molecule has 2 aliphatic rings. The smallest absolute Gasteiger partial charge is 0.355 e. The van der Waals surface area contributed by atoms with Crippen LogP contribution in [0.2, 0.25) is 0 Å². The van der Waals surface area contributed by atoms with Gasteiger partial charge in [-0.15, -0.1) is 0 Å². The summed E-state index contributed by atoms with van der Waals surface area (Å²) in [6, 6.07) is 2.88. The van der Waals surface area contributed by atoms with Gasteiger partial charge in [0.05, 0.1) is 17.2 Å². The lowest BCUT2D eigenvalue weighted by Crippen LogP contribution is -2.36. The number of non-ortho nitro benzene ring substituents is 1. The Hall–Kier alpha value is -3.30. The van der Waals surface area contributed by atoms with Crippen LogP contribution in [-0.4, -0.2) is 41.1 Å². The number of benzene rings is 1. The van der Waals surface area contributed by atoms with Gasteiger partial charge >= 0.3 is 5.97 Å². The van der Waals surface area contributed by atoms with E-state index in [0.717, 1.165) is 11.0 Å². The third-order valence-electron chi connectivity index (χ3n) is 4.05. The van der Waals surface area contributed by atoms with Gasteiger partial charge in [-0.3, -0.25) is 25.1 Å². The van der Waals surface area contributed by atoms with Crippen LogP contribution >= 0.6 is 0 Å². The number of carbonyl (C=O) groups is 3. The lowest BCUT2D eigenvalue weighted by molar-refractivity contribution is -0.384. The van der Waals surface area contributed by atoms with E-state index in [4.69, 9.17) is 4.74 Å². The molecule has 0 saturated carbocycles. The number of imide groups is 1. The molecular weight excluding hydrogens is 332 g/mol. The highest BCUT2D eigenvalue weighted by atomic mass is 16.6. The maximum Gasteiger partial charge on any atom is 0.355 e. The van der Waals surface area contributed by atoms with Crippen LogP contribution in [0.25, 0.3) is 0 Å². The fraction of sp³-hybridized carbons (Fsp3) is 0.333. The Morgan fingerprint density at radius 1 is 1.40 bits per heavy atom. The highest BCUT2D eigenvalue weighted by molar-refractivity contribution is 6.46. The molecule has 0 bridgehead atoms. The second-order valence-corrected chi connectivity index (χ2v) is 5.54. The Kier molecular flexibility index (Phi) is 3.95. The number of nitro benzene ring substituents is 1. The van der Waals surface area contributed by atoms with Crippen molar-refractivity contribution in [3.05, 3.63) is 33.9 Å². The number of hydrogen-bond donors (Lipinski definition) is 1. The molecule has 1 aromatic carbocycles. The standard InChI is InChI=1S/C15H14N4O6/c1-3-25-15(22)12-10-11(16-17-12)14(21)18(13(10)20)9-6-8(19(23)24)5-4-7(9)2/h4-6,10-11,16H,3H2,1-2H3/t10-,11-/m0/s1. The summed E-state index contributed by atoms with van der Waals surface area (Å²) < 4.78 is 4.85. The van der Waals surface area contributed by atoms with Crippen molar-refractivity contribution in [2.45, 2.75) is 19.9 Å². The van der Waals surface area contributed by atoms with Crippen LogP contribution in [0.4, 0.5) is 11.4 Å². The summed E-state index contributed by atoms with van der Waals surface area (Å²) >= 11 is 0. The summed E-state index contributed by atoms with van der Waals surface area (Å²) in [5, 5.41) is 14.7. The normalized spacial score (nSPS) is 21.7. The van der Waals surface area contributed by atoms with E-state index in [2.05, 4.69) is 10.5 Å². The van der Waals surface area contributed by atoms with E-state index in [1.807, 2.05) is 0 Å². The summed E-state index contributed by atoms with van der Waals surface area (Å²) in [5.74, 6) is -3.18. The number of aryl methyl sites for hydroxylation is 1. The van der Waals surface area contributed by atoms with Gasteiger partial charge in [0, 0.05) is 12.1 Å². The molecule has 0 spiro atoms. The second kappa shape index (κ2) is 5.96. The van der Waals surface area contributed by atoms with Crippen LogP contribution in [0.1, 0.15) is 12.5 Å². The van der Waals surface area contributed by atoms with E-state index in [-0.39, 0.29) is 23.7 Å². The van der Waals surface area contributed by atoms with Gasteiger partial charge in [0.1, 0.15) is 12.0 Å². The molecule has 2 aliphatic heterocycles. The molecule has 0 aliphatic carbocycles. The number of anilines is 1. The van der Waals surface area contributed by atoms with Gasteiger partial charge in [-0.2, -0.15) is 5.10 Å². The topological polar surface area (TPSA) is 131 Å². The number of ether oxygens (including phenoxy) is 1. The predicted molar refractivity (Wildman–Crippen MR) is 84.8 cm³/mol. The molecule has 1 aromatic rings. The van der Waals surface area contributed by atoms with E-state index >= 15 is 0 Å². The number of nitrogens with zero attached hydrogens (tertiary/aromatic N) is 3. The van der Waals surface area contributed by atoms with E-state index < -0.39 is 34.7 Å². The van der Waals surface area contributed by atoms with Gasteiger partial charge in [-0.25, -0.2) is 9.69 Å². The molecule has 130 valence electrons. The zero-order valence-electron chi connectivity index (χ0n) is 13.4. The fourth-order valence-electron chi connectivity index (χ4n) is 2.85. The maximum atomic E-state index is 12.8. The van der Waals surface area contributed by atoms with Gasteiger partial charge in [0.2, 0.25) is 5.91 Å². The van der Waals surface area contributed by atoms with Crippen molar-refractivity contribution in [3.63, 3.8) is 0 Å². The third kappa shape index (κ3) is 2.51. The zero-order valence-corrected chi connectivity index (χ0v) is 13.4. The molecule has 1 N–H and O–H groups in total. The lowest BCUT2D eigenvalue weighted by atomic mass is 9.99. The van der Waals surface area contributed by atoms with Crippen molar-refractivity contribution in [1.29, 1.82) is 0 Å². The largest absolute Gasteiger partial charge is 0.461 e. The quantitative estimate of drug-likeness (QED) is 0.358. The fourth-order valence-corrected chi connectivity index (χ4v) is 2.85. The van der Waals surface area contributed by atoms with Crippen molar-refractivity contribution in [3.8, 4) is 0 Å². The minimum absolute atomic E-state index is 0.102. The summed E-state index contributed by atoms with van der Waals surface area (Å²) in [5.41, 5.74) is 2.70. The van der Waals surface area contributed by atoms with Crippen molar-refractivity contribution < 1.29 is 24.0 Å². The number of rotatable bonds is 4. The number of hydrazone groups is 1. The number of fused-ring (bicyclic) bond motifs is 1. The van der Waals surface area contributed by atoms with Crippen LogP contribution < -0.4 is 10.3 Å². The first-order chi connectivity index (χ1) is 11.9. The van der Waals surface area contributed by atoms with E-state index in [1.165, 1.54) is 12.1 Å². The molecule has 10 nitrogen and oxygen atoms in total. The predicted octanol–water partition coefficient (Wildman–Crippen LogP) is 0.284. The van der Waals surface area contributed by atoms with E-state index in [0.29, 0.717) is 5.56 Å². The Morgan fingerprint density at radius 2 is 2.12 bits per heavy atom. The molecule has 1 fully saturated rings. The summed E-state index contributed by atoms with van der Waals surface area (Å²) in [4.78, 5) is 48.5. The van der Waals surface area contributed by atoms with Gasteiger partial charge in [0.15, 0.2) is 5.71 Å². The van der Waals surface area contributed by atoms with Crippen LogP contribution in [0, 0.1) is 23.0 Å². The Balaban J connectivity index is 1.99. The Morgan fingerprint density at radius 3 is 2.76 bits per heavy atom. The highest BCUT2D eigenvalue weighted by Gasteiger charge is 2.56. The lowest BCUT2D eigenvalue weighted by Gasteiger charge is -2.17. The first kappa shape index (κ1) is 16.6. The maximum absolute atomic E-state index is 12.8. The minimum Gasteiger partial charge on any atom is -0.461 e. The molecule has 0 radical (unpaired) electrons. The van der Waals surface area contributed by atoms with Gasteiger partial charge in [-0.1, -0.05) is 6.07 Å². The van der Waals surface area contributed by atoms with Crippen LogP contribution in [0.3, 0.4) is 0 Å². The van der Waals surface area contributed by atoms with Gasteiger partial charge < -0.3 is 4.74 Å². The van der Waals surface area contributed by atoms with Crippen molar-refractivity contribution in [2.24, 2.45) is 11.0 Å². The highest BCUT2D eigenvalue weighted by Crippen LogP contribution is 2.34. The average Bonchev–Trinajstić information content (AvgIpc) is 3.10. The SMILES string of the molecule is CCOC(=O)C1=NN[C@@H]2C(=O)N(c3cc([N+](=O)[O-])ccc3C)C(=O)[C@H]12. The minimum atomic E-state index is -1.11. The number of esters is 1. The van der Waals surface area contributed by atoms with Crippen molar-refractivity contribution in [1.82, 2.24) is 5.43 Å². The van der Waals surface area contributed by atoms with Crippen LogP contribution in [0.15, 0.2) is 23.3 Å². The third-order valence-corrected chi connectivity index (χ3v) is 4.05. The van der Waals surface area contributed by atoms with Crippen LogP contribution in [0.5, 0.6) is 0 Å². The molecule has 0 unspecified atom stereocenters. The Bertz CT molecular complexity index is 833. The number of nitrogens with one attached hydrogen (secondary N) is 1. The average molecular weight is 346 g/mol. The molecule has 2 heterocycles. The summed E-state index contributed by atoms with van der Waals surface area (Å²) in [7, 11) is 0. The first-order valence-corrected chi connectivity index (χ1v) is 7.50. The molecule has 0 aromatic heterocycles. The molecule has 3 rings (SSSR count). The summed E-state index contributed by atoms with van der Waals surface area (Å²) in [6.07, 6.45) is 0. The molecule has 2 amide bonds. The Labute approximate surface area is 141 Å². The number of amides is 2. The molecule has 10 heteroatoms. The zero-order chi connectivity index (χ0) is 18.3. The van der Waals surface area contributed by atoms with Crippen LogP contribution in [-0.2, 0) is 19.1 Å². The van der Waals surface area contributed by atoms with E-state index in [9.17, 15) is 24.5 Å². The molecular formula is C15H14N4O6. The molecule has 2 atom stereocenters. The van der Waals surface area contributed by atoms with E-state index in [1.54, 1.807) is 13.8 Å². The monoisotopic (exact) mass is 346 g/mol. The van der Waals surface area contributed by atoms with Crippen molar-refractivity contribution in [2.75, 3.05) is 11.5 Å². The number of hydrogen-bond acceptors (Lipinski definition) is 8. The first-order valence-electron chi connectivity index (χ1n) is 7.50. The molecule has 25 heavy (non-hydrogen) atoms. The second-order valence-electron chi connectivity index (χ2n) is 5.54.